The van der Waals surface area contributed by atoms with Crippen molar-refractivity contribution in [1.82, 2.24) is 15.0 Å². The van der Waals surface area contributed by atoms with E-state index < -0.39 is 18.4 Å². The van der Waals surface area contributed by atoms with E-state index in [1.165, 1.54) is 3.71 Å². The van der Waals surface area contributed by atoms with Crippen LogP contribution in [-0.4, -0.2) is 33.3 Å². The second-order valence-corrected chi connectivity index (χ2v) is 18.7. The summed E-state index contributed by atoms with van der Waals surface area (Å²) in [7, 11) is 0. The molecule has 3 nitrogen and oxygen atoms in total. The fraction of sp³-hybridized carbons (Fsp3) is 0.300. The van der Waals surface area contributed by atoms with Gasteiger partial charge in [-0.05, 0) is 0 Å². The summed E-state index contributed by atoms with van der Waals surface area (Å²) in [4.78, 5) is 19.8. The van der Waals surface area contributed by atoms with Gasteiger partial charge in [-0.15, -0.1) is 0 Å². The van der Waals surface area contributed by atoms with Gasteiger partial charge in [-0.3, -0.25) is 0 Å². The molecule has 2 aromatic rings. The maximum atomic E-state index is 4.59. The first-order valence-corrected chi connectivity index (χ1v) is 14.6. The van der Waals surface area contributed by atoms with Gasteiger partial charge in [-0.25, -0.2) is 0 Å². The molecule has 0 aliphatic heterocycles. The molecule has 0 saturated heterocycles. The van der Waals surface area contributed by atoms with Gasteiger partial charge in [-0.1, -0.05) is 0 Å². The predicted octanol–water partition coefficient (Wildman–Crippen LogP) is 1.57. The van der Waals surface area contributed by atoms with Crippen LogP contribution < -0.4 is 3.71 Å². The van der Waals surface area contributed by atoms with Crippen molar-refractivity contribution in [2.75, 3.05) is 0 Å². The van der Waals surface area contributed by atoms with Crippen molar-refractivity contribution in [2.45, 2.75) is 14.8 Å². The predicted molar refractivity (Wildman–Crippen MR) is 60.3 cm³/mol. The molecule has 0 aromatic carbocycles. The molecule has 0 unspecified atom stereocenters. The quantitative estimate of drug-likeness (QED) is 0.749. The van der Waals surface area contributed by atoms with Gasteiger partial charge in [0.25, 0.3) is 0 Å². The molecule has 0 spiro atoms. The van der Waals surface area contributed by atoms with E-state index in [4.69, 9.17) is 0 Å². The molecule has 4 heteroatoms. The van der Waals surface area contributed by atoms with E-state index in [2.05, 4.69) is 41.9 Å². The van der Waals surface area contributed by atoms with Crippen molar-refractivity contribution < 1.29 is 0 Å². The minimum absolute atomic E-state index is 0.823. The van der Waals surface area contributed by atoms with Crippen molar-refractivity contribution in [3.05, 3.63) is 24.7 Å². The Hall–Kier alpha value is -0.711. The summed E-state index contributed by atoms with van der Waals surface area (Å²) < 4.78 is 1.27. The number of hydrogen-bond acceptors (Lipinski definition) is 3. The monoisotopic (exact) mass is 295 g/mol. The van der Waals surface area contributed by atoms with Crippen LogP contribution in [0.5, 0.6) is 0 Å². The Bertz CT molecular complexity index is 462. The Morgan fingerprint density at radius 2 is 1.93 bits per heavy atom. The molecule has 0 saturated carbocycles. The van der Waals surface area contributed by atoms with Crippen molar-refractivity contribution in [3.8, 4) is 0 Å². The molecule has 72 valence electrons. The molecule has 0 N–H and O–H groups in total. The fourth-order valence-corrected chi connectivity index (χ4v) is 4.21. The maximum absolute atomic E-state index is 4.59. The molecular formula is C10H13N3Sn. The van der Waals surface area contributed by atoms with Crippen LogP contribution in [0.3, 0.4) is 0 Å². The number of fused-ring (bicyclic) bond motifs is 1. The molecule has 0 amide bonds. The summed E-state index contributed by atoms with van der Waals surface area (Å²) in [5.41, 5.74) is 0.823. The molecular weight excluding hydrogens is 281 g/mol. The van der Waals surface area contributed by atoms with Crippen LogP contribution >= 0.6 is 0 Å². The summed E-state index contributed by atoms with van der Waals surface area (Å²) in [5.74, 6) is 0. The van der Waals surface area contributed by atoms with E-state index >= 15 is 0 Å². The third-order valence-corrected chi connectivity index (χ3v) is 7.32. The van der Waals surface area contributed by atoms with E-state index in [9.17, 15) is 0 Å². The second kappa shape index (κ2) is 3.46. The van der Waals surface area contributed by atoms with E-state index in [1.807, 2.05) is 0 Å². The Morgan fingerprint density at radius 3 is 2.64 bits per heavy atom. The van der Waals surface area contributed by atoms with Gasteiger partial charge in [0, 0.05) is 0 Å². The van der Waals surface area contributed by atoms with Crippen molar-refractivity contribution in [3.63, 3.8) is 0 Å². The Labute approximate surface area is 87.5 Å². The van der Waals surface area contributed by atoms with Gasteiger partial charge in [0.15, 0.2) is 0 Å². The first-order chi connectivity index (χ1) is 6.57. The summed E-state index contributed by atoms with van der Waals surface area (Å²) in [5, 5.41) is 1.02. The minimum atomic E-state index is -2.03. The van der Waals surface area contributed by atoms with Gasteiger partial charge in [0.1, 0.15) is 0 Å². The van der Waals surface area contributed by atoms with Crippen LogP contribution in [0.25, 0.3) is 11.0 Å². The van der Waals surface area contributed by atoms with E-state index in [1.54, 1.807) is 12.5 Å². The van der Waals surface area contributed by atoms with Crippen molar-refractivity contribution in [2.24, 2.45) is 0 Å². The van der Waals surface area contributed by atoms with Crippen LogP contribution in [0.1, 0.15) is 0 Å². The van der Waals surface area contributed by atoms with Gasteiger partial charge in [0.05, 0.1) is 0 Å². The molecule has 0 radical (unpaired) electrons. The molecule has 2 heterocycles. The van der Waals surface area contributed by atoms with Crippen LogP contribution in [0.15, 0.2) is 24.7 Å². The topological polar surface area (TPSA) is 38.7 Å². The van der Waals surface area contributed by atoms with E-state index in [-0.39, 0.29) is 0 Å². The molecule has 0 bridgehead atoms. The second-order valence-electron chi connectivity index (χ2n) is 4.38. The van der Waals surface area contributed by atoms with Gasteiger partial charge in [0.2, 0.25) is 0 Å². The molecule has 0 aliphatic rings. The molecule has 0 atom stereocenters. The Morgan fingerprint density at radius 1 is 1.14 bits per heavy atom. The van der Waals surface area contributed by atoms with Crippen LogP contribution in [0.4, 0.5) is 0 Å². The van der Waals surface area contributed by atoms with Gasteiger partial charge >= 0.3 is 87.5 Å². The fourth-order valence-electron chi connectivity index (χ4n) is 1.28. The number of nitrogens with zero attached hydrogens (tertiary/aromatic N) is 3. The van der Waals surface area contributed by atoms with Crippen molar-refractivity contribution in [1.29, 1.82) is 0 Å². The number of hydrogen-bond donors (Lipinski definition) is 0. The summed E-state index contributed by atoms with van der Waals surface area (Å²) in [6.07, 6.45) is 3.36. The standard InChI is InChI=1S/C7H4N3.3CH3.Sn/c1-2-6-4-8-5-10-7(6)9-3-1;;;;/h1-2,4-5H;3*1H3;. The third kappa shape index (κ3) is 1.87. The molecule has 0 fully saturated rings. The summed E-state index contributed by atoms with van der Waals surface area (Å²) in [6.45, 7) is 0. The molecule has 2 aromatic heterocycles. The Balaban J connectivity index is 2.63. The van der Waals surface area contributed by atoms with E-state index in [0.29, 0.717) is 0 Å². The number of aromatic nitrogens is 3. The first-order valence-electron chi connectivity index (χ1n) is 4.64. The molecule has 2 rings (SSSR count). The van der Waals surface area contributed by atoms with E-state index in [0.717, 1.165) is 11.0 Å². The Kier molecular flexibility index (Phi) is 2.43. The zero-order valence-electron chi connectivity index (χ0n) is 8.65. The SMILES string of the molecule is [CH3][Sn]([CH3])([CH3])[c]1ccc2cncnc2n1. The normalized spacial score (nSPS) is 11.9. The third-order valence-electron chi connectivity index (χ3n) is 2.13. The average molecular weight is 294 g/mol. The summed E-state index contributed by atoms with van der Waals surface area (Å²) >= 11 is -2.03. The zero-order valence-corrected chi connectivity index (χ0v) is 11.5. The number of pyridine rings is 1. The molecule has 14 heavy (non-hydrogen) atoms. The average Bonchev–Trinajstić information content (AvgIpc) is 2.16. The van der Waals surface area contributed by atoms with Crippen LogP contribution in [-0.2, 0) is 0 Å². The number of rotatable bonds is 1. The van der Waals surface area contributed by atoms with Crippen LogP contribution in [0.2, 0.25) is 14.8 Å². The van der Waals surface area contributed by atoms with Crippen molar-refractivity contribution >= 4 is 33.1 Å². The van der Waals surface area contributed by atoms with Gasteiger partial charge in [-0.2, -0.15) is 0 Å². The zero-order chi connectivity index (χ0) is 10.2. The summed E-state index contributed by atoms with van der Waals surface area (Å²) in [6, 6.07) is 4.20. The molecule has 0 aliphatic carbocycles. The first kappa shape index (κ1) is 9.83. The van der Waals surface area contributed by atoms with Gasteiger partial charge < -0.3 is 0 Å². The van der Waals surface area contributed by atoms with Crippen LogP contribution in [0, 0.1) is 0 Å².